The summed E-state index contributed by atoms with van der Waals surface area (Å²) < 4.78 is 6.09. The van der Waals surface area contributed by atoms with Gasteiger partial charge in [0.25, 0.3) is 0 Å². The maximum Gasteiger partial charge on any atom is 0.203 e. The lowest BCUT2D eigenvalue weighted by atomic mass is 9.76. The molecule has 0 radical (unpaired) electrons. The van der Waals surface area contributed by atoms with E-state index in [2.05, 4.69) is 19.2 Å². The first-order valence-corrected chi connectivity index (χ1v) is 7.18. The molecule has 2 aromatic rings. The molecule has 3 rings (SSSR count). The van der Waals surface area contributed by atoms with E-state index in [4.69, 9.17) is 21.0 Å². The molecule has 1 unspecified atom stereocenters. The molecule has 1 N–H and O–H groups in total. The zero-order valence-corrected chi connectivity index (χ0v) is 12.3. The van der Waals surface area contributed by atoms with Crippen LogP contribution in [0.1, 0.15) is 31.7 Å². The Morgan fingerprint density at radius 1 is 1.42 bits per heavy atom. The molecule has 2 heterocycles. The summed E-state index contributed by atoms with van der Waals surface area (Å²) in [6.45, 7) is 8.45. The summed E-state index contributed by atoms with van der Waals surface area (Å²) in [5, 5.41) is 4.15. The highest BCUT2D eigenvalue weighted by Crippen LogP contribution is 2.39. The molecule has 0 amide bonds. The Hall–Kier alpha value is -1.06. The molecule has 1 aromatic carbocycles. The van der Waals surface area contributed by atoms with Crippen molar-refractivity contribution in [2.24, 2.45) is 5.92 Å². The van der Waals surface area contributed by atoms with E-state index < -0.39 is 0 Å². The zero-order chi connectivity index (χ0) is 13.6. The standard InChI is InChI=1S/C15H19ClN2O/c1-9(2)15(4-5-17-8-15)14-18-12-7-11(16)6-10(3)13(12)19-14/h6-7,9,17H,4-5,8H2,1-3H3. The Morgan fingerprint density at radius 3 is 2.84 bits per heavy atom. The topological polar surface area (TPSA) is 38.1 Å². The van der Waals surface area contributed by atoms with Gasteiger partial charge in [0.1, 0.15) is 5.52 Å². The van der Waals surface area contributed by atoms with Gasteiger partial charge in [0.2, 0.25) is 5.89 Å². The summed E-state index contributed by atoms with van der Waals surface area (Å²) in [6.07, 6.45) is 1.07. The Morgan fingerprint density at radius 2 is 2.21 bits per heavy atom. The normalized spacial score (nSPS) is 23.6. The van der Waals surface area contributed by atoms with Crippen LogP contribution >= 0.6 is 11.6 Å². The largest absolute Gasteiger partial charge is 0.440 e. The summed E-state index contributed by atoms with van der Waals surface area (Å²) in [5.41, 5.74) is 2.79. The highest BCUT2D eigenvalue weighted by molar-refractivity contribution is 6.31. The smallest absolute Gasteiger partial charge is 0.203 e. The summed E-state index contributed by atoms with van der Waals surface area (Å²) in [5.74, 6) is 1.35. The van der Waals surface area contributed by atoms with Crippen molar-refractivity contribution in [2.45, 2.75) is 32.6 Å². The van der Waals surface area contributed by atoms with Gasteiger partial charge in [-0.1, -0.05) is 25.4 Å². The molecule has 19 heavy (non-hydrogen) atoms. The summed E-state index contributed by atoms with van der Waals surface area (Å²) in [7, 11) is 0. The van der Waals surface area contributed by atoms with Crippen molar-refractivity contribution in [3.63, 3.8) is 0 Å². The Labute approximate surface area is 118 Å². The van der Waals surface area contributed by atoms with Crippen molar-refractivity contribution in [3.05, 3.63) is 28.6 Å². The zero-order valence-electron chi connectivity index (χ0n) is 11.6. The number of fused-ring (bicyclic) bond motifs is 1. The summed E-state index contributed by atoms with van der Waals surface area (Å²) >= 11 is 6.10. The van der Waals surface area contributed by atoms with E-state index in [1.165, 1.54) is 0 Å². The molecule has 0 aliphatic carbocycles. The molecule has 4 heteroatoms. The Balaban J connectivity index is 2.17. The van der Waals surface area contributed by atoms with Crippen molar-refractivity contribution in [1.29, 1.82) is 0 Å². The predicted octanol–water partition coefficient (Wildman–Crippen LogP) is 3.68. The van der Waals surface area contributed by atoms with E-state index >= 15 is 0 Å². The molecule has 1 aromatic heterocycles. The van der Waals surface area contributed by atoms with Crippen molar-refractivity contribution in [3.8, 4) is 0 Å². The highest BCUT2D eigenvalue weighted by Gasteiger charge is 2.43. The number of nitrogens with one attached hydrogen (secondary N) is 1. The van der Waals surface area contributed by atoms with E-state index in [1.54, 1.807) is 0 Å². The van der Waals surface area contributed by atoms with Gasteiger partial charge >= 0.3 is 0 Å². The molecule has 1 aliphatic rings. The highest BCUT2D eigenvalue weighted by atomic mass is 35.5. The fraction of sp³-hybridized carbons (Fsp3) is 0.533. The Bertz CT molecular complexity index is 612. The van der Waals surface area contributed by atoms with E-state index in [0.717, 1.165) is 42.1 Å². The van der Waals surface area contributed by atoms with E-state index in [9.17, 15) is 0 Å². The van der Waals surface area contributed by atoms with Crippen LogP contribution in [0.4, 0.5) is 0 Å². The van der Waals surface area contributed by atoms with Crippen molar-refractivity contribution in [1.82, 2.24) is 10.3 Å². The number of rotatable bonds is 2. The number of nitrogens with zero attached hydrogens (tertiary/aromatic N) is 1. The summed E-state index contributed by atoms with van der Waals surface area (Å²) in [4.78, 5) is 4.72. The maximum absolute atomic E-state index is 6.10. The SMILES string of the molecule is Cc1cc(Cl)cc2nc(C3(C(C)C)CCNC3)oc12. The van der Waals surface area contributed by atoms with Gasteiger partial charge in [-0.15, -0.1) is 0 Å². The lowest BCUT2D eigenvalue weighted by molar-refractivity contribution is 0.269. The van der Waals surface area contributed by atoms with Crippen molar-refractivity contribution < 1.29 is 4.42 Å². The van der Waals surface area contributed by atoms with E-state index in [0.29, 0.717) is 10.9 Å². The van der Waals surface area contributed by atoms with Gasteiger partial charge in [0.15, 0.2) is 5.58 Å². The second-order valence-electron chi connectivity index (χ2n) is 5.83. The molecule has 0 bridgehead atoms. The van der Waals surface area contributed by atoms with Crippen LogP contribution < -0.4 is 5.32 Å². The first-order chi connectivity index (χ1) is 9.03. The molecule has 1 aliphatic heterocycles. The lowest BCUT2D eigenvalue weighted by Gasteiger charge is -2.28. The van der Waals surface area contributed by atoms with Crippen molar-refractivity contribution in [2.75, 3.05) is 13.1 Å². The average Bonchev–Trinajstić information content (AvgIpc) is 2.93. The first-order valence-electron chi connectivity index (χ1n) is 6.81. The van der Waals surface area contributed by atoms with Gasteiger partial charge in [-0.2, -0.15) is 0 Å². The number of aryl methyl sites for hydroxylation is 1. The third-order valence-electron chi connectivity index (χ3n) is 4.36. The number of halogens is 1. The predicted molar refractivity (Wildman–Crippen MR) is 77.8 cm³/mol. The van der Waals surface area contributed by atoms with Gasteiger partial charge in [-0.25, -0.2) is 4.98 Å². The monoisotopic (exact) mass is 278 g/mol. The summed E-state index contributed by atoms with van der Waals surface area (Å²) in [6, 6.07) is 3.81. The van der Waals surface area contributed by atoms with Crippen LogP contribution in [0.5, 0.6) is 0 Å². The van der Waals surface area contributed by atoms with Crippen LogP contribution in [0.25, 0.3) is 11.1 Å². The molecular weight excluding hydrogens is 260 g/mol. The number of hydrogen-bond donors (Lipinski definition) is 1. The fourth-order valence-corrected chi connectivity index (χ4v) is 3.27. The molecule has 1 atom stereocenters. The number of aromatic nitrogens is 1. The van der Waals surface area contributed by atoms with Crippen LogP contribution in [-0.2, 0) is 5.41 Å². The number of hydrogen-bond acceptors (Lipinski definition) is 3. The second kappa shape index (κ2) is 4.50. The molecule has 1 saturated heterocycles. The van der Waals surface area contributed by atoms with Crippen LogP contribution in [0.3, 0.4) is 0 Å². The Kier molecular flexibility index (Phi) is 3.06. The van der Waals surface area contributed by atoms with Crippen LogP contribution in [0, 0.1) is 12.8 Å². The third-order valence-corrected chi connectivity index (χ3v) is 4.58. The van der Waals surface area contributed by atoms with Gasteiger partial charge in [-0.3, -0.25) is 0 Å². The van der Waals surface area contributed by atoms with Gasteiger partial charge in [0.05, 0.1) is 5.41 Å². The second-order valence-corrected chi connectivity index (χ2v) is 6.26. The first kappa shape index (κ1) is 12.9. The van der Waals surface area contributed by atoms with E-state index in [-0.39, 0.29) is 5.41 Å². The molecule has 0 spiro atoms. The van der Waals surface area contributed by atoms with Gasteiger partial charge in [0, 0.05) is 11.6 Å². The molecule has 3 nitrogen and oxygen atoms in total. The average molecular weight is 279 g/mol. The number of oxazole rings is 1. The van der Waals surface area contributed by atoms with Crippen LogP contribution in [0.15, 0.2) is 16.5 Å². The lowest BCUT2D eigenvalue weighted by Crippen LogP contribution is -2.35. The quantitative estimate of drug-likeness (QED) is 0.911. The molecule has 1 fully saturated rings. The minimum absolute atomic E-state index is 0.0118. The minimum Gasteiger partial charge on any atom is -0.440 e. The minimum atomic E-state index is 0.0118. The fourth-order valence-electron chi connectivity index (χ4n) is 3.00. The van der Waals surface area contributed by atoms with Gasteiger partial charge < -0.3 is 9.73 Å². The van der Waals surface area contributed by atoms with Crippen LogP contribution in [-0.4, -0.2) is 18.1 Å². The van der Waals surface area contributed by atoms with Gasteiger partial charge in [-0.05, 0) is 43.5 Å². The van der Waals surface area contributed by atoms with Crippen molar-refractivity contribution >= 4 is 22.7 Å². The molecule has 102 valence electrons. The molecule has 0 saturated carbocycles. The van der Waals surface area contributed by atoms with Crippen LogP contribution in [0.2, 0.25) is 5.02 Å². The molecular formula is C15H19ClN2O. The third kappa shape index (κ3) is 1.96. The maximum atomic E-state index is 6.10. The van der Waals surface area contributed by atoms with E-state index in [1.807, 2.05) is 19.1 Å². The number of benzene rings is 1.